The number of furan rings is 1. The lowest BCUT2D eigenvalue weighted by Crippen LogP contribution is -1.90. The van der Waals surface area contributed by atoms with Gasteiger partial charge in [-0.2, -0.15) is 0 Å². The van der Waals surface area contributed by atoms with Gasteiger partial charge in [-0.1, -0.05) is 25.1 Å². The summed E-state index contributed by atoms with van der Waals surface area (Å²) in [5, 5.41) is 1.19. The minimum Gasteiger partial charge on any atom is -0.456 e. The summed E-state index contributed by atoms with van der Waals surface area (Å²) < 4.78 is 5.74. The van der Waals surface area contributed by atoms with Gasteiger partial charge in [0.2, 0.25) is 0 Å². The molecular weight excluding hydrogens is 186 g/mol. The number of benzene rings is 1. The van der Waals surface area contributed by atoms with Gasteiger partial charge in [-0.3, -0.25) is 0 Å². The van der Waals surface area contributed by atoms with Crippen molar-refractivity contribution < 1.29 is 4.42 Å². The predicted molar refractivity (Wildman–Crippen MR) is 63.4 cm³/mol. The van der Waals surface area contributed by atoms with E-state index in [0.29, 0.717) is 0 Å². The molecular formula is C13H15NO. The lowest BCUT2D eigenvalue weighted by atomic mass is 10.1. The molecule has 0 radical (unpaired) electrons. The number of allylic oxidation sites excluding steroid dienone is 1. The molecule has 1 heterocycles. The second-order valence-corrected chi connectivity index (χ2v) is 3.68. The minimum atomic E-state index is 0.767. The van der Waals surface area contributed by atoms with Crippen LogP contribution in [-0.4, -0.2) is 0 Å². The van der Waals surface area contributed by atoms with E-state index in [4.69, 9.17) is 10.2 Å². The molecule has 1 aromatic heterocycles. The molecule has 78 valence electrons. The fourth-order valence-corrected chi connectivity index (χ4v) is 1.81. The molecule has 0 aliphatic carbocycles. The Hall–Kier alpha value is -1.70. The predicted octanol–water partition coefficient (Wildman–Crippen LogP) is 3.31. The van der Waals surface area contributed by atoms with Crippen molar-refractivity contribution in [1.29, 1.82) is 0 Å². The van der Waals surface area contributed by atoms with Crippen LogP contribution in [0, 0.1) is 0 Å². The molecule has 0 unspecified atom stereocenters. The quantitative estimate of drug-likeness (QED) is 0.809. The maximum atomic E-state index is 5.74. The van der Waals surface area contributed by atoms with Gasteiger partial charge in [-0.05, 0) is 25.5 Å². The SMILES string of the molecule is CCc1c(/C=C(\C)N)oc2ccccc12. The molecule has 2 heteroatoms. The normalized spacial score (nSPS) is 12.3. The van der Waals surface area contributed by atoms with Crippen LogP contribution in [0.2, 0.25) is 0 Å². The van der Waals surface area contributed by atoms with Gasteiger partial charge in [0.1, 0.15) is 11.3 Å². The summed E-state index contributed by atoms with van der Waals surface area (Å²) in [6, 6.07) is 8.08. The highest BCUT2D eigenvalue weighted by Gasteiger charge is 2.09. The van der Waals surface area contributed by atoms with Crippen molar-refractivity contribution in [1.82, 2.24) is 0 Å². The van der Waals surface area contributed by atoms with E-state index in [-0.39, 0.29) is 0 Å². The number of hydrogen-bond donors (Lipinski definition) is 1. The van der Waals surface area contributed by atoms with Gasteiger partial charge < -0.3 is 10.2 Å². The molecule has 15 heavy (non-hydrogen) atoms. The van der Waals surface area contributed by atoms with Gasteiger partial charge in [0, 0.05) is 16.6 Å². The maximum absolute atomic E-state index is 5.74. The number of rotatable bonds is 2. The van der Waals surface area contributed by atoms with Crippen LogP contribution in [0.4, 0.5) is 0 Å². The summed E-state index contributed by atoms with van der Waals surface area (Å²) >= 11 is 0. The van der Waals surface area contributed by atoms with Crippen molar-refractivity contribution >= 4 is 17.0 Å². The zero-order valence-electron chi connectivity index (χ0n) is 9.08. The molecule has 0 aliphatic heterocycles. The van der Waals surface area contributed by atoms with E-state index >= 15 is 0 Å². The minimum absolute atomic E-state index is 0.767. The molecule has 1 aromatic carbocycles. The molecule has 0 saturated heterocycles. The molecule has 2 aromatic rings. The number of nitrogens with two attached hydrogens (primary N) is 1. The molecule has 0 bridgehead atoms. The molecule has 2 N–H and O–H groups in total. The van der Waals surface area contributed by atoms with E-state index in [1.54, 1.807) is 0 Å². The Morgan fingerprint density at radius 3 is 2.80 bits per heavy atom. The van der Waals surface area contributed by atoms with Crippen molar-refractivity contribution in [2.75, 3.05) is 0 Å². The number of fused-ring (bicyclic) bond motifs is 1. The summed E-state index contributed by atoms with van der Waals surface area (Å²) in [6.07, 6.45) is 2.84. The summed E-state index contributed by atoms with van der Waals surface area (Å²) in [4.78, 5) is 0. The van der Waals surface area contributed by atoms with E-state index in [1.807, 2.05) is 31.2 Å². The summed E-state index contributed by atoms with van der Waals surface area (Å²) in [6.45, 7) is 3.99. The van der Waals surface area contributed by atoms with E-state index in [2.05, 4.69) is 13.0 Å². The van der Waals surface area contributed by atoms with Gasteiger partial charge in [0.05, 0.1) is 0 Å². The van der Waals surface area contributed by atoms with Crippen LogP contribution in [-0.2, 0) is 6.42 Å². The first-order chi connectivity index (χ1) is 7.22. The summed E-state index contributed by atoms with van der Waals surface area (Å²) in [7, 11) is 0. The molecule has 0 amide bonds. The number of aryl methyl sites for hydroxylation is 1. The average molecular weight is 201 g/mol. The number of hydrogen-bond acceptors (Lipinski definition) is 2. The van der Waals surface area contributed by atoms with Crippen LogP contribution in [0.5, 0.6) is 0 Å². The van der Waals surface area contributed by atoms with Crippen molar-refractivity contribution in [2.24, 2.45) is 5.73 Å². The summed E-state index contributed by atoms with van der Waals surface area (Å²) in [5.41, 5.74) is 8.60. The van der Waals surface area contributed by atoms with E-state index in [9.17, 15) is 0 Å². The van der Waals surface area contributed by atoms with Gasteiger partial charge in [-0.25, -0.2) is 0 Å². The first kappa shape index (κ1) is 9.84. The zero-order chi connectivity index (χ0) is 10.8. The molecule has 0 spiro atoms. The topological polar surface area (TPSA) is 39.2 Å². The highest BCUT2D eigenvalue weighted by atomic mass is 16.3. The molecule has 2 rings (SSSR count). The standard InChI is InChI=1S/C13H15NO/c1-3-10-11-6-4-5-7-12(11)15-13(10)8-9(2)14/h4-8H,3,14H2,1-2H3/b9-8+. The first-order valence-electron chi connectivity index (χ1n) is 5.16. The Kier molecular flexibility index (Phi) is 2.50. The largest absolute Gasteiger partial charge is 0.456 e. The van der Waals surface area contributed by atoms with Gasteiger partial charge in [-0.15, -0.1) is 0 Å². The third-order valence-electron chi connectivity index (χ3n) is 2.44. The lowest BCUT2D eigenvalue weighted by Gasteiger charge is -1.94. The van der Waals surface area contributed by atoms with Crippen molar-refractivity contribution in [2.45, 2.75) is 20.3 Å². The Labute approximate surface area is 89.4 Å². The Bertz CT molecular complexity index is 504. The van der Waals surface area contributed by atoms with Crippen LogP contribution < -0.4 is 5.73 Å². The van der Waals surface area contributed by atoms with Crippen LogP contribution >= 0.6 is 0 Å². The van der Waals surface area contributed by atoms with Crippen LogP contribution in [0.1, 0.15) is 25.2 Å². The Morgan fingerprint density at radius 2 is 2.13 bits per heavy atom. The summed E-state index contributed by atoms with van der Waals surface area (Å²) in [5.74, 6) is 0.888. The van der Waals surface area contributed by atoms with Crippen molar-refractivity contribution in [3.63, 3.8) is 0 Å². The van der Waals surface area contributed by atoms with E-state index < -0.39 is 0 Å². The van der Waals surface area contributed by atoms with E-state index in [1.165, 1.54) is 10.9 Å². The average Bonchev–Trinajstić information content (AvgIpc) is 2.53. The number of para-hydroxylation sites is 1. The molecule has 2 nitrogen and oxygen atoms in total. The van der Waals surface area contributed by atoms with Crippen LogP contribution in [0.15, 0.2) is 34.4 Å². The van der Waals surface area contributed by atoms with Crippen LogP contribution in [0.25, 0.3) is 17.0 Å². The first-order valence-corrected chi connectivity index (χ1v) is 5.16. The second-order valence-electron chi connectivity index (χ2n) is 3.68. The smallest absolute Gasteiger partial charge is 0.135 e. The lowest BCUT2D eigenvalue weighted by molar-refractivity contribution is 0.598. The highest BCUT2D eigenvalue weighted by Crippen LogP contribution is 2.27. The van der Waals surface area contributed by atoms with Gasteiger partial charge in [0.25, 0.3) is 0 Å². The Morgan fingerprint density at radius 1 is 1.40 bits per heavy atom. The highest BCUT2D eigenvalue weighted by molar-refractivity contribution is 5.84. The van der Waals surface area contributed by atoms with E-state index in [0.717, 1.165) is 23.5 Å². The molecule has 0 fully saturated rings. The van der Waals surface area contributed by atoms with Crippen LogP contribution in [0.3, 0.4) is 0 Å². The second kappa shape index (κ2) is 3.81. The molecule has 0 atom stereocenters. The fourth-order valence-electron chi connectivity index (χ4n) is 1.81. The van der Waals surface area contributed by atoms with Crippen molar-refractivity contribution in [3.8, 4) is 0 Å². The van der Waals surface area contributed by atoms with Gasteiger partial charge >= 0.3 is 0 Å². The molecule has 0 saturated carbocycles. The third kappa shape index (κ3) is 1.75. The Balaban J connectivity index is 2.69. The third-order valence-corrected chi connectivity index (χ3v) is 2.44. The maximum Gasteiger partial charge on any atom is 0.135 e. The monoisotopic (exact) mass is 201 g/mol. The zero-order valence-corrected chi connectivity index (χ0v) is 9.08. The molecule has 0 aliphatic rings. The van der Waals surface area contributed by atoms with Gasteiger partial charge in [0.15, 0.2) is 0 Å². The van der Waals surface area contributed by atoms with Crippen molar-refractivity contribution in [3.05, 3.63) is 41.3 Å². The fraction of sp³-hybridized carbons (Fsp3) is 0.231.